The molecule has 0 bridgehead atoms. The summed E-state index contributed by atoms with van der Waals surface area (Å²) < 4.78 is 0. The number of carboxylic acids is 2. The number of nitrogens with two attached hydrogens (primary N) is 2. The Hall–Kier alpha value is -3.30. The van der Waals surface area contributed by atoms with Crippen LogP contribution in [-0.4, -0.2) is 35.4 Å². The molecule has 2 aromatic carbocycles. The lowest BCUT2D eigenvalue weighted by atomic mass is 10.1. The SMILES string of the molecule is NOC/C=C/Cc1ccccc1.NOC/C=C/Cc1ccccc1.O=C(O)C(=O)O. The highest BCUT2D eigenvalue weighted by atomic mass is 16.6. The standard InChI is InChI=1S/2C10H13NO.C2H2O4/c2*11-12-9-5-4-8-10-6-2-1-3-7-10;3-1(4)2(5)6/h2*1-7H,8-9,11H2;(H,3,4)(H,5,6)/b2*5-4+;. The zero-order valence-electron chi connectivity index (χ0n) is 16.6. The van der Waals surface area contributed by atoms with Gasteiger partial charge in [0.1, 0.15) is 0 Å². The molecule has 0 aliphatic heterocycles. The fraction of sp³-hybridized carbons (Fsp3) is 0.182. The van der Waals surface area contributed by atoms with E-state index in [9.17, 15) is 0 Å². The number of hydrogen-bond donors (Lipinski definition) is 4. The summed E-state index contributed by atoms with van der Waals surface area (Å²) in [7, 11) is 0. The van der Waals surface area contributed by atoms with Crippen LogP contribution in [0.2, 0.25) is 0 Å². The van der Waals surface area contributed by atoms with Gasteiger partial charge in [0, 0.05) is 0 Å². The lowest BCUT2D eigenvalue weighted by molar-refractivity contribution is -0.159. The molecule has 0 aromatic heterocycles. The molecule has 2 aromatic rings. The van der Waals surface area contributed by atoms with Gasteiger partial charge >= 0.3 is 11.9 Å². The van der Waals surface area contributed by atoms with Crippen LogP contribution in [0.4, 0.5) is 0 Å². The monoisotopic (exact) mass is 416 g/mol. The third-order valence-corrected chi connectivity index (χ3v) is 3.29. The summed E-state index contributed by atoms with van der Waals surface area (Å²) in [4.78, 5) is 27.0. The minimum absolute atomic E-state index is 0.479. The lowest BCUT2D eigenvalue weighted by Crippen LogP contribution is -2.09. The van der Waals surface area contributed by atoms with E-state index in [4.69, 9.17) is 31.6 Å². The highest BCUT2D eigenvalue weighted by Crippen LogP contribution is 2.00. The van der Waals surface area contributed by atoms with Crippen molar-refractivity contribution in [3.63, 3.8) is 0 Å². The first-order valence-corrected chi connectivity index (χ1v) is 8.98. The fourth-order valence-corrected chi connectivity index (χ4v) is 1.91. The van der Waals surface area contributed by atoms with E-state index in [0.717, 1.165) is 12.8 Å². The van der Waals surface area contributed by atoms with Crippen molar-refractivity contribution in [2.75, 3.05) is 13.2 Å². The number of aliphatic carboxylic acids is 2. The predicted molar refractivity (Wildman–Crippen MR) is 114 cm³/mol. The largest absolute Gasteiger partial charge is 0.473 e. The Labute approximate surface area is 175 Å². The molecular formula is C22H28N2O6. The molecule has 0 saturated heterocycles. The van der Waals surface area contributed by atoms with Crippen LogP contribution in [0.15, 0.2) is 85.0 Å². The molecule has 0 unspecified atom stereocenters. The second-order valence-electron chi connectivity index (χ2n) is 5.60. The van der Waals surface area contributed by atoms with Gasteiger partial charge in [-0.25, -0.2) is 21.4 Å². The van der Waals surface area contributed by atoms with Gasteiger partial charge in [0.05, 0.1) is 13.2 Å². The van der Waals surface area contributed by atoms with Crippen LogP contribution in [-0.2, 0) is 32.1 Å². The summed E-state index contributed by atoms with van der Waals surface area (Å²) in [5, 5.41) is 14.8. The summed E-state index contributed by atoms with van der Waals surface area (Å²) in [5.41, 5.74) is 2.59. The topological polar surface area (TPSA) is 145 Å². The summed E-state index contributed by atoms with van der Waals surface area (Å²) in [6, 6.07) is 20.5. The van der Waals surface area contributed by atoms with Gasteiger partial charge < -0.3 is 19.9 Å². The molecule has 6 N–H and O–H groups in total. The summed E-state index contributed by atoms with van der Waals surface area (Å²) in [5.74, 6) is 6.07. The highest BCUT2D eigenvalue weighted by Gasteiger charge is 2.04. The molecule has 0 heterocycles. The van der Waals surface area contributed by atoms with Gasteiger partial charge in [-0.15, -0.1) is 0 Å². The smallest absolute Gasteiger partial charge is 0.414 e. The maximum atomic E-state index is 9.10. The molecular weight excluding hydrogens is 388 g/mol. The normalized spacial score (nSPS) is 10.1. The molecule has 162 valence electrons. The second kappa shape index (κ2) is 19.0. The molecule has 0 atom stereocenters. The number of carboxylic acid groups (broad SMARTS) is 2. The lowest BCUT2D eigenvalue weighted by Gasteiger charge is -1.93. The van der Waals surface area contributed by atoms with Crippen molar-refractivity contribution < 1.29 is 29.5 Å². The van der Waals surface area contributed by atoms with E-state index in [0.29, 0.717) is 13.2 Å². The van der Waals surface area contributed by atoms with Gasteiger partial charge in [0.25, 0.3) is 0 Å². The number of hydrogen-bond acceptors (Lipinski definition) is 6. The van der Waals surface area contributed by atoms with E-state index >= 15 is 0 Å². The minimum Gasteiger partial charge on any atom is -0.473 e. The van der Waals surface area contributed by atoms with Gasteiger partial charge in [-0.1, -0.05) is 85.0 Å². The second-order valence-corrected chi connectivity index (χ2v) is 5.60. The quantitative estimate of drug-likeness (QED) is 0.292. The maximum Gasteiger partial charge on any atom is 0.414 e. The molecule has 8 heteroatoms. The fourth-order valence-electron chi connectivity index (χ4n) is 1.91. The first kappa shape index (κ1) is 26.7. The van der Waals surface area contributed by atoms with E-state index in [1.165, 1.54) is 11.1 Å². The molecule has 0 fully saturated rings. The van der Waals surface area contributed by atoms with E-state index in [1.54, 1.807) is 0 Å². The first-order chi connectivity index (χ1) is 14.5. The molecule has 2 rings (SSSR count). The van der Waals surface area contributed by atoms with Crippen LogP contribution in [0.3, 0.4) is 0 Å². The zero-order valence-corrected chi connectivity index (χ0v) is 16.6. The van der Waals surface area contributed by atoms with Crippen LogP contribution < -0.4 is 11.8 Å². The Bertz CT molecular complexity index is 683. The van der Waals surface area contributed by atoms with Gasteiger partial charge in [-0.05, 0) is 24.0 Å². The van der Waals surface area contributed by atoms with Crippen LogP contribution in [0.25, 0.3) is 0 Å². The van der Waals surface area contributed by atoms with Crippen molar-refractivity contribution in [1.82, 2.24) is 0 Å². The third-order valence-electron chi connectivity index (χ3n) is 3.29. The van der Waals surface area contributed by atoms with Crippen molar-refractivity contribution >= 4 is 11.9 Å². The summed E-state index contributed by atoms with van der Waals surface area (Å²) in [6.07, 6.45) is 9.78. The number of rotatable bonds is 8. The van der Waals surface area contributed by atoms with Crippen LogP contribution in [0.1, 0.15) is 11.1 Å². The predicted octanol–water partition coefficient (Wildman–Crippen LogP) is 2.51. The number of carbonyl (C=O) groups is 2. The molecule has 0 aliphatic carbocycles. The van der Waals surface area contributed by atoms with E-state index < -0.39 is 11.9 Å². The van der Waals surface area contributed by atoms with Crippen LogP contribution in [0.5, 0.6) is 0 Å². The first-order valence-electron chi connectivity index (χ1n) is 8.98. The van der Waals surface area contributed by atoms with Crippen molar-refractivity contribution in [3.8, 4) is 0 Å². The highest BCUT2D eigenvalue weighted by molar-refractivity contribution is 6.27. The average Bonchev–Trinajstić information content (AvgIpc) is 2.77. The Morgan fingerprint density at radius 2 is 1.00 bits per heavy atom. The van der Waals surface area contributed by atoms with Crippen molar-refractivity contribution in [3.05, 3.63) is 96.1 Å². The van der Waals surface area contributed by atoms with Crippen molar-refractivity contribution in [2.24, 2.45) is 11.8 Å². The number of benzene rings is 2. The molecule has 30 heavy (non-hydrogen) atoms. The summed E-state index contributed by atoms with van der Waals surface area (Å²) in [6.45, 7) is 0.958. The Balaban J connectivity index is 0.000000447. The Morgan fingerprint density at radius 1 is 0.667 bits per heavy atom. The van der Waals surface area contributed by atoms with Gasteiger partial charge in [-0.2, -0.15) is 0 Å². The van der Waals surface area contributed by atoms with Crippen LogP contribution >= 0.6 is 0 Å². The van der Waals surface area contributed by atoms with E-state index in [-0.39, 0.29) is 0 Å². The minimum atomic E-state index is -1.82. The average molecular weight is 416 g/mol. The molecule has 0 aliphatic rings. The maximum absolute atomic E-state index is 9.10. The number of allylic oxidation sites excluding steroid dienone is 2. The van der Waals surface area contributed by atoms with Crippen LogP contribution in [0, 0.1) is 0 Å². The molecule has 0 amide bonds. The molecule has 0 radical (unpaired) electrons. The van der Waals surface area contributed by atoms with E-state index in [1.807, 2.05) is 60.7 Å². The molecule has 0 saturated carbocycles. The van der Waals surface area contributed by atoms with Crippen molar-refractivity contribution in [2.45, 2.75) is 12.8 Å². The Kier molecular flexibility index (Phi) is 16.9. The van der Waals surface area contributed by atoms with Gasteiger partial charge in [-0.3, -0.25) is 0 Å². The van der Waals surface area contributed by atoms with Gasteiger partial charge in [0.15, 0.2) is 0 Å². The zero-order chi connectivity index (χ0) is 22.5. The molecule has 0 spiro atoms. The van der Waals surface area contributed by atoms with Gasteiger partial charge in [0.2, 0.25) is 0 Å². The molecule has 8 nitrogen and oxygen atoms in total. The van der Waals surface area contributed by atoms with Crippen molar-refractivity contribution in [1.29, 1.82) is 0 Å². The Morgan fingerprint density at radius 3 is 1.27 bits per heavy atom. The third kappa shape index (κ3) is 16.8. The van der Waals surface area contributed by atoms with E-state index in [2.05, 4.69) is 33.9 Å². The summed E-state index contributed by atoms with van der Waals surface area (Å²) >= 11 is 0.